The van der Waals surface area contributed by atoms with Gasteiger partial charge < -0.3 is 4.74 Å². The van der Waals surface area contributed by atoms with Gasteiger partial charge in [-0.3, -0.25) is 11.3 Å². The lowest BCUT2D eigenvalue weighted by Gasteiger charge is -2.16. The van der Waals surface area contributed by atoms with Gasteiger partial charge in [0.25, 0.3) is 0 Å². The van der Waals surface area contributed by atoms with Crippen molar-refractivity contribution in [2.45, 2.75) is 39.2 Å². The molecule has 3 N–H and O–H groups in total. The molecule has 0 radical (unpaired) electrons. The molecule has 0 aliphatic rings. The van der Waals surface area contributed by atoms with E-state index in [0.29, 0.717) is 13.0 Å². The van der Waals surface area contributed by atoms with Crippen LogP contribution in [0.4, 0.5) is 0 Å². The molecule has 0 saturated carbocycles. The fourth-order valence-corrected chi connectivity index (χ4v) is 2.92. The van der Waals surface area contributed by atoms with Crippen molar-refractivity contribution in [1.82, 2.24) is 5.43 Å². The molecule has 120 valence electrons. The van der Waals surface area contributed by atoms with Gasteiger partial charge in [-0.15, -0.1) is 0 Å². The van der Waals surface area contributed by atoms with Crippen LogP contribution in [0, 0.1) is 6.92 Å². The minimum atomic E-state index is -2.89. The zero-order valence-electron chi connectivity index (χ0n) is 12.8. The van der Waals surface area contributed by atoms with Crippen LogP contribution < -0.4 is 16.0 Å². The molecule has 0 aliphatic carbocycles. The zero-order valence-corrected chi connectivity index (χ0v) is 13.7. The van der Waals surface area contributed by atoms with E-state index >= 15 is 0 Å². The molecular formula is C15H26N2O3S. The zero-order chi connectivity index (χ0) is 15.7. The van der Waals surface area contributed by atoms with E-state index in [4.69, 9.17) is 10.6 Å². The molecule has 0 spiro atoms. The molecule has 0 fully saturated rings. The summed E-state index contributed by atoms with van der Waals surface area (Å²) in [4.78, 5) is 0. The number of hydrogen-bond acceptors (Lipinski definition) is 5. The van der Waals surface area contributed by atoms with E-state index in [-0.39, 0.29) is 17.5 Å². The van der Waals surface area contributed by atoms with Gasteiger partial charge in [0.2, 0.25) is 0 Å². The lowest BCUT2D eigenvalue weighted by Crippen LogP contribution is -2.36. The number of benzene rings is 1. The summed E-state index contributed by atoms with van der Waals surface area (Å²) < 4.78 is 28.5. The second-order valence-electron chi connectivity index (χ2n) is 5.20. The standard InChI is InChI=1S/C15H26N2O3S/c1-3-21(18,19)11-5-7-14(17-16)9-10-20-15-8-4-6-13(2)12-15/h4,6,8,12,14,17H,3,5,7,9-11,16H2,1-2H3. The van der Waals surface area contributed by atoms with Crippen molar-refractivity contribution in [1.29, 1.82) is 0 Å². The van der Waals surface area contributed by atoms with Gasteiger partial charge in [0.1, 0.15) is 15.6 Å². The minimum absolute atomic E-state index is 0.0712. The highest BCUT2D eigenvalue weighted by atomic mass is 32.2. The number of nitrogens with one attached hydrogen (secondary N) is 1. The average Bonchev–Trinajstić information content (AvgIpc) is 2.45. The first-order valence-electron chi connectivity index (χ1n) is 7.33. The van der Waals surface area contributed by atoms with E-state index in [1.807, 2.05) is 31.2 Å². The molecule has 1 aromatic rings. The third-order valence-corrected chi connectivity index (χ3v) is 5.20. The van der Waals surface area contributed by atoms with Gasteiger partial charge in [0.05, 0.1) is 12.4 Å². The minimum Gasteiger partial charge on any atom is -0.494 e. The van der Waals surface area contributed by atoms with Crippen molar-refractivity contribution in [2.24, 2.45) is 5.84 Å². The third-order valence-electron chi connectivity index (χ3n) is 3.41. The Morgan fingerprint density at radius 2 is 2.10 bits per heavy atom. The highest BCUT2D eigenvalue weighted by Gasteiger charge is 2.11. The molecule has 1 unspecified atom stereocenters. The van der Waals surface area contributed by atoms with E-state index < -0.39 is 9.84 Å². The largest absolute Gasteiger partial charge is 0.494 e. The van der Waals surface area contributed by atoms with Crippen LogP contribution >= 0.6 is 0 Å². The number of ether oxygens (including phenoxy) is 1. The van der Waals surface area contributed by atoms with Gasteiger partial charge >= 0.3 is 0 Å². The molecular weight excluding hydrogens is 288 g/mol. The number of hydrogen-bond donors (Lipinski definition) is 2. The van der Waals surface area contributed by atoms with Crippen LogP contribution in [0.2, 0.25) is 0 Å². The van der Waals surface area contributed by atoms with Crippen molar-refractivity contribution in [3.05, 3.63) is 29.8 Å². The van der Waals surface area contributed by atoms with E-state index in [1.54, 1.807) is 6.92 Å². The van der Waals surface area contributed by atoms with Gasteiger partial charge in [-0.1, -0.05) is 19.1 Å². The van der Waals surface area contributed by atoms with Crippen LogP contribution in [0.3, 0.4) is 0 Å². The maximum Gasteiger partial charge on any atom is 0.150 e. The van der Waals surface area contributed by atoms with Gasteiger partial charge in [0.15, 0.2) is 0 Å². The molecule has 0 bridgehead atoms. The molecule has 1 aromatic carbocycles. The summed E-state index contributed by atoms with van der Waals surface area (Å²) in [5.74, 6) is 6.77. The molecule has 5 nitrogen and oxygen atoms in total. The Morgan fingerprint density at radius 1 is 1.33 bits per heavy atom. The van der Waals surface area contributed by atoms with Crippen LogP contribution in [0.15, 0.2) is 24.3 Å². The average molecular weight is 314 g/mol. The van der Waals surface area contributed by atoms with Gasteiger partial charge in [-0.25, -0.2) is 8.42 Å². The summed E-state index contributed by atoms with van der Waals surface area (Å²) >= 11 is 0. The highest BCUT2D eigenvalue weighted by Crippen LogP contribution is 2.13. The lowest BCUT2D eigenvalue weighted by atomic mass is 10.1. The summed E-state index contributed by atoms with van der Waals surface area (Å²) in [5, 5.41) is 0. The fraction of sp³-hybridized carbons (Fsp3) is 0.600. The quantitative estimate of drug-likeness (QED) is 0.508. The lowest BCUT2D eigenvalue weighted by molar-refractivity contribution is 0.281. The maximum absolute atomic E-state index is 11.4. The predicted octanol–water partition coefficient (Wildman–Crippen LogP) is 1.81. The molecule has 0 saturated heterocycles. The number of nitrogens with two attached hydrogens (primary N) is 1. The van der Waals surface area contributed by atoms with Gasteiger partial charge in [-0.05, 0) is 43.9 Å². The molecule has 0 amide bonds. The highest BCUT2D eigenvalue weighted by molar-refractivity contribution is 7.91. The Labute approximate surface area is 127 Å². The molecule has 1 rings (SSSR count). The van der Waals surface area contributed by atoms with E-state index in [1.165, 1.54) is 0 Å². The summed E-state index contributed by atoms with van der Waals surface area (Å²) in [6, 6.07) is 7.95. The van der Waals surface area contributed by atoms with Crippen molar-refractivity contribution in [3.8, 4) is 5.75 Å². The van der Waals surface area contributed by atoms with Gasteiger partial charge in [0, 0.05) is 11.8 Å². The first-order valence-corrected chi connectivity index (χ1v) is 9.15. The Balaban J connectivity index is 2.28. The van der Waals surface area contributed by atoms with Crippen molar-refractivity contribution < 1.29 is 13.2 Å². The van der Waals surface area contributed by atoms with Crippen LogP contribution in [-0.4, -0.2) is 32.6 Å². The molecule has 21 heavy (non-hydrogen) atoms. The van der Waals surface area contributed by atoms with Crippen LogP contribution in [0.5, 0.6) is 5.75 Å². The number of rotatable bonds is 10. The fourth-order valence-electron chi connectivity index (χ4n) is 2.03. The Bertz CT molecular complexity index is 517. The summed E-state index contributed by atoms with van der Waals surface area (Å²) in [6.07, 6.45) is 2.10. The van der Waals surface area contributed by atoms with Crippen LogP contribution in [0.1, 0.15) is 31.7 Å². The predicted molar refractivity (Wildman–Crippen MR) is 86.0 cm³/mol. The number of hydrazine groups is 1. The first-order chi connectivity index (χ1) is 9.96. The van der Waals surface area contributed by atoms with Crippen LogP contribution in [-0.2, 0) is 9.84 Å². The van der Waals surface area contributed by atoms with E-state index in [2.05, 4.69) is 5.43 Å². The molecule has 0 aromatic heterocycles. The Kier molecular flexibility index (Phi) is 7.71. The van der Waals surface area contributed by atoms with Crippen molar-refractivity contribution >= 4 is 9.84 Å². The summed E-state index contributed by atoms with van der Waals surface area (Å²) in [6.45, 7) is 4.24. The Hall–Kier alpha value is -1.11. The van der Waals surface area contributed by atoms with Crippen molar-refractivity contribution in [3.63, 3.8) is 0 Å². The second-order valence-corrected chi connectivity index (χ2v) is 7.67. The number of aryl methyl sites for hydroxylation is 1. The molecule has 0 heterocycles. The SMILES string of the molecule is CCS(=O)(=O)CCCC(CCOc1cccc(C)c1)NN. The van der Waals surface area contributed by atoms with Crippen molar-refractivity contribution in [2.75, 3.05) is 18.1 Å². The van der Waals surface area contributed by atoms with E-state index in [0.717, 1.165) is 24.2 Å². The normalized spacial score (nSPS) is 13.1. The Morgan fingerprint density at radius 3 is 2.71 bits per heavy atom. The summed E-state index contributed by atoms with van der Waals surface area (Å²) in [7, 11) is -2.89. The van der Waals surface area contributed by atoms with E-state index in [9.17, 15) is 8.42 Å². The second kappa shape index (κ2) is 9.02. The third kappa shape index (κ3) is 7.45. The number of sulfone groups is 1. The summed E-state index contributed by atoms with van der Waals surface area (Å²) in [5.41, 5.74) is 3.89. The topological polar surface area (TPSA) is 81.4 Å². The smallest absolute Gasteiger partial charge is 0.150 e. The monoisotopic (exact) mass is 314 g/mol. The molecule has 6 heteroatoms. The van der Waals surface area contributed by atoms with Crippen LogP contribution in [0.25, 0.3) is 0 Å². The first kappa shape index (κ1) is 17.9. The molecule has 0 aliphatic heterocycles. The molecule has 1 atom stereocenters. The van der Waals surface area contributed by atoms with Gasteiger partial charge in [-0.2, -0.15) is 0 Å². The maximum atomic E-state index is 11.4.